The SMILES string of the molecule is Cc1ccc(C(=O)NC(=Cc2cccc([N+](=O)[O-])c2)C(=O)N2CCC(C)CC2)cc1. The Labute approximate surface area is 175 Å². The van der Waals surface area contributed by atoms with E-state index in [0.717, 1.165) is 18.4 Å². The molecule has 2 aromatic rings. The van der Waals surface area contributed by atoms with E-state index in [9.17, 15) is 19.7 Å². The van der Waals surface area contributed by atoms with Crippen LogP contribution in [0.3, 0.4) is 0 Å². The molecule has 156 valence electrons. The van der Waals surface area contributed by atoms with Crippen molar-refractivity contribution in [3.05, 3.63) is 81.0 Å². The molecule has 1 fully saturated rings. The van der Waals surface area contributed by atoms with E-state index in [1.165, 1.54) is 18.2 Å². The first-order valence-corrected chi connectivity index (χ1v) is 9.97. The number of nitrogens with zero attached hydrogens (tertiary/aromatic N) is 2. The molecule has 30 heavy (non-hydrogen) atoms. The molecule has 0 spiro atoms. The minimum atomic E-state index is -0.490. The molecule has 0 atom stereocenters. The third-order valence-electron chi connectivity index (χ3n) is 5.26. The van der Waals surface area contributed by atoms with Crippen molar-refractivity contribution in [2.75, 3.05) is 13.1 Å². The Kier molecular flexibility index (Phi) is 6.61. The Morgan fingerprint density at radius 1 is 1.13 bits per heavy atom. The number of benzene rings is 2. The summed E-state index contributed by atoms with van der Waals surface area (Å²) in [5, 5.41) is 13.8. The lowest BCUT2D eigenvalue weighted by Crippen LogP contribution is -2.42. The molecule has 3 rings (SSSR count). The molecule has 1 heterocycles. The zero-order valence-corrected chi connectivity index (χ0v) is 17.1. The zero-order valence-electron chi connectivity index (χ0n) is 17.1. The number of carbonyl (C=O) groups excluding carboxylic acids is 2. The summed E-state index contributed by atoms with van der Waals surface area (Å²) in [6, 6.07) is 13.0. The Balaban J connectivity index is 1.90. The molecule has 0 bridgehead atoms. The standard InChI is InChI=1S/C23H25N3O4/c1-16-6-8-19(9-7-16)22(27)24-21(23(28)25-12-10-17(2)11-13-25)15-18-4-3-5-20(14-18)26(29)30/h3-9,14-15,17H,10-13H2,1-2H3,(H,24,27). The number of amides is 2. The summed E-state index contributed by atoms with van der Waals surface area (Å²) in [4.78, 5) is 38.2. The number of carbonyl (C=O) groups is 2. The number of hydrogen-bond acceptors (Lipinski definition) is 4. The maximum absolute atomic E-state index is 13.2. The van der Waals surface area contributed by atoms with E-state index in [-0.39, 0.29) is 17.3 Å². The lowest BCUT2D eigenvalue weighted by Gasteiger charge is -2.31. The number of piperidine rings is 1. The predicted molar refractivity (Wildman–Crippen MR) is 115 cm³/mol. The van der Waals surface area contributed by atoms with Gasteiger partial charge in [-0.1, -0.05) is 36.8 Å². The Bertz CT molecular complexity index is 974. The summed E-state index contributed by atoms with van der Waals surface area (Å²) < 4.78 is 0. The molecule has 2 aromatic carbocycles. The van der Waals surface area contributed by atoms with Crippen molar-refractivity contribution < 1.29 is 14.5 Å². The summed E-state index contributed by atoms with van der Waals surface area (Å²) in [5.41, 5.74) is 1.97. The summed E-state index contributed by atoms with van der Waals surface area (Å²) in [6.45, 7) is 5.32. The van der Waals surface area contributed by atoms with E-state index in [1.54, 1.807) is 29.2 Å². The van der Waals surface area contributed by atoms with Crippen LogP contribution in [-0.2, 0) is 4.79 Å². The molecule has 0 saturated carbocycles. The molecule has 1 N–H and O–H groups in total. The third kappa shape index (κ3) is 5.31. The van der Waals surface area contributed by atoms with E-state index in [2.05, 4.69) is 12.2 Å². The Morgan fingerprint density at radius 2 is 1.80 bits per heavy atom. The lowest BCUT2D eigenvalue weighted by atomic mass is 9.99. The van der Waals surface area contributed by atoms with Gasteiger partial charge in [0, 0.05) is 30.8 Å². The molecule has 0 aromatic heterocycles. The molecule has 2 amide bonds. The first-order valence-electron chi connectivity index (χ1n) is 9.97. The molecular formula is C23H25N3O4. The van der Waals surface area contributed by atoms with Crippen molar-refractivity contribution in [3.8, 4) is 0 Å². The highest BCUT2D eigenvalue weighted by Crippen LogP contribution is 2.20. The van der Waals surface area contributed by atoms with Gasteiger partial charge in [0.25, 0.3) is 17.5 Å². The predicted octanol–water partition coefficient (Wildman–Crippen LogP) is 3.93. The highest BCUT2D eigenvalue weighted by atomic mass is 16.6. The molecule has 7 heteroatoms. The summed E-state index contributed by atoms with van der Waals surface area (Å²) in [5.74, 6) is -0.125. The first-order chi connectivity index (χ1) is 14.3. The normalized spacial score (nSPS) is 15.0. The second-order valence-corrected chi connectivity index (χ2v) is 7.70. The third-order valence-corrected chi connectivity index (χ3v) is 5.26. The van der Waals surface area contributed by atoms with Crippen molar-refractivity contribution in [2.24, 2.45) is 5.92 Å². The number of nitro groups is 1. The number of nitrogens with one attached hydrogen (secondary N) is 1. The van der Waals surface area contributed by atoms with Crippen LogP contribution in [0.2, 0.25) is 0 Å². The molecule has 0 radical (unpaired) electrons. The zero-order chi connectivity index (χ0) is 21.7. The van der Waals surface area contributed by atoms with Gasteiger partial charge in [-0.25, -0.2) is 0 Å². The van der Waals surface area contributed by atoms with Crippen molar-refractivity contribution in [2.45, 2.75) is 26.7 Å². The van der Waals surface area contributed by atoms with Crippen molar-refractivity contribution >= 4 is 23.6 Å². The average Bonchev–Trinajstić information content (AvgIpc) is 2.74. The number of aryl methyl sites for hydroxylation is 1. The fraction of sp³-hybridized carbons (Fsp3) is 0.304. The minimum absolute atomic E-state index is 0.0767. The van der Waals surface area contributed by atoms with Crippen molar-refractivity contribution in [1.82, 2.24) is 10.2 Å². The number of likely N-dealkylation sites (tertiary alicyclic amines) is 1. The molecule has 7 nitrogen and oxygen atoms in total. The second kappa shape index (κ2) is 9.35. The highest BCUT2D eigenvalue weighted by molar-refractivity contribution is 6.05. The maximum Gasteiger partial charge on any atom is 0.270 e. The largest absolute Gasteiger partial charge is 0.337 e. The van der Waals surface area contributed by atoms with Gasteiger partial charge < -0.3 is 10.2 Å². The van der Waals surface area contributed by atoms with Crippen LogP contribution < -0.4 is 5.32 Å². The Hall–Kier alpha value is -3.48. The van der Waals surface area contributed by atoms with Gasteiger partial charge in [0.15, 0.2) is 0 Å². The van der Waals surface area contributed by atoms with Crippen LogP contribution in [0.25, 0.3) is 6.08 Å². The van der Waals surface area contributed by atoms with Gasteiger partial charge in [-0.15, -0.1) is 0 Å². The van der Waals surface area contributed by atoms with E-state index >= 15 is 0 Å². The van der Waals surface area contributed by atoms with E-state index in [1.807, 2.05) is 19.1 Å². The van der Waals surface area contributed by atoms with Crippen LogP contribution in [0.4, 0.5) is 5.69 Å². The lowest BCUT2D eigenvalue weighted by molar-refractivity contribution is -0.384. The minimum Gasteiger partial charge on any atom is -0.337 e. The average molecular weight is 407 g/mol. The molecule has 0 unspecified atom stereocenters. The summed E-state index contributed by atoms with van der Waals surface area (Å²) in [7, 11) is 0. The topological polar surface area (TPSA) is 92.5 Å². The molecule has 1 saturated heterocycles. The van der Waals surface area contributed by atoms with Gasteiger partial charge in [0.2, 0.25) is 0 Å². The number of hydrogen-bond donors (Lipinski definition) is 1. The second-order valence-electron chi connectivity index (χ2n) is 7.70. The van der Waals surface area contributed by atoms with Crippen LogP contribution >= 0.6 is 0 Å². The number of rotatable bonds is 5. The van der Waals surface area contributed by atoms with Crippen LogP contribution in [-0.4, -0.2) is 34.7 Å². The summed E-state index contributed by atoms with van der Waals surface area (Å²) >= 11 is 0. The van der Waals surface area contributed by atoms with E-state index < -0.39 is 10.8 Å². The molecular weight excluding hydrogens is 382 g/mol. The monoisotopic (exact) mass is 407 g/mol. The number of non-ortho nitro benzene ring substituents is 1. The highest BCUT2D eigenvalue weighted by Gasteiger charge is 2.24. The van der Waals surface area contributed by atoms with Crippen molar-refractivity contribution in [3.63, 3.8) is 0 Å². The van der Waals surface area contributed by atoms with Gasteiger partial charge in [-0.2, -0.15) is 0 Å². The fourth-order valence-electron chi connectivity index (χ4n) is 3.33. The van der Waals surface area contributed by atoms with Crippen LogP contribution in [0.1, 0.15) is 41.3 Å². The quantitative estimate of drug-likeness (QED) is 0.462. The van der Waals surface area contributed by atoms with Crippen LogP contribution in [0, 0.1) is 23.0 Å². The van der Waals surface area contributed by atoms with Gasteiger partial charge in [-0.05, 0) is 49.5 Å². The summed E-state index contributed by atoms with van der Waals surface area (Å²) in [6.07, 6.45) is 3.31. The maximum atomic E-state index is 13.2. The van der Waals surface area contributed by atoms with Gasteiger partial charge in [0.05, 0.1) is 4.92 Å². The van der Waals surface area contributed by atoms with Crippen LogP contribution in [0.5, 0.6) is 0 Å². The van der Waals surface area contributed by atoms with Gasteiger partial charge in [0.1, 0.15) is 5.70 Å². The molecule has 1 aliphatic heterocycles. The Morgan fingerprint density at radius 3 is 2.43 bits per heavy atom. The fourth-order valence-corrected chi connectivity index (χ4v) is 3.33. The molecule has 1 aliphatic rings. The molecule has 0 aliphatic carbocycles. The van der Waals surface area contributed by atoms with E-state index in [4.69, 9.17) is 0 Å². The first kappa shape index (κ1) is 21.2. The van der Waals surface area contributed by atoms with Crippen molar-refractivity contribution in [1.29, 1.82) is 0 Å². The van der Waals surface area contributed by atoms with E-state index in [0.29, 0.717) is 30.1 Å². The van der Waals surface area contributed by atoms with Gasteiger partial charge >= 0.3 is 0 Å². The smallest absolute Gasteiger partial charge is 0.270 e. The van der Waals surface area contributed by atoms with Crippen LogP contribution in [0.15, 0.2) is 54.2 Å². The number of nitro benzene ring substituents is 1. The van der Waals surface area contributed by atoms with Gasteiger partial charge in [-0.3, -0.25) is 19.7 Å².